The van der Waals surface area contributed by atoms with E-state index in [1.165, 1.54) is 84.8 Å². The second kappa shape index (κ2) is 7.21. The Bertz CT molecular complexity index is 674. The summed E-state index contributed by atoms with van der Waals surface area (Å²) in [5.74, 6) is 0. The van der Waals surface area contributed by atoms with Crippen molar-refractivity contribution in [3.8, 4) is 11.1 Å². The molecule has 0 aliphatic heterocycles. The van der Waals surface area contributed by atoms with E-state index in [9.17, 15) is 0 Å². The number of hydrogen-bond acceptors (Lipinski definition) is 0. The molecule has 122 valence electrons. The van der Waals surface area contributed by atoms with Crippen LogP contribution in [0.3, 0.4) is 0 Å². The molecule has 0 aromatic heterocycles. The summed E-state index contributed by atoms with van der Waals surface area (Å²) in [5, 5.41) is 0. The van der Waals surface area contributed by atoms with Crippen LogP contribution in [-0.4, -0.2) is 0 Å². The van der Waals surface area contributed by atoms with E-state index in [0.29, 0.717) is 0 Å². The van der Waals surface area contributed by atoms with Crippen LogP contribution in [0.1, 0.15) is 62.5 Å². The molecule has 0 heteroatoms. The van der Waals surface area contributed by atoms with Gasteiger partial charge in [-0.2, -0.15) is 0 Å². The Morgan fingerprint density at radius 3 is 1.12 bits per heavy atom. The van der Waals surface area contributed by atoms with E-state index in [1.807, 2.05) is 0 Å². The quantitative estimate of drug-likeness (QED) is 0.559. The molecule has 0 unspecified atom stereocenters. The van der Waals surface area contributed by atoms with Gasteiger partial charge in [-0.15, -0.1) is 0 Å². The first-order chi connectivity index (χ1) is 11.9. The summed E-state index contributed by atoms with van der Waals surface area (Å²) in [5.41, 5.74) is 8.52. The van der Waals surface area contributed by atoms with Crippen molar-refractivity contribution >= 4 is 11.1 Å². The largest absolute Gasteiger partial charge is 0.0807 e. The number of benzene rings is 2. The predicted molar refractivity (Wildman–Crippen MR) is 105 cm³/mol. The molecular formula is C24H26. The second-order valence-corrected chi connectivity index (χ2v) is 7.10. The van der Waals surface area contributed by atoms with Crippen molar-refractivity contribution in [3.63, 3.8) is 0 Å². The zero-order valence-electron chi connectivity index (χ0n) is 14.4. The molecule has 24 heavy (non-hydrogen) atoms. The molecule has 0 nitrogen and oxygen atoms in total. The summed E-state index contributed by atoms with van der Waals surface area (Å²) in [6, 6.07) is 18.3. The lowest BCUT2D eigenvalue weighted by atomic mass is 9.91. The summed E-state index contributed by atoms with van der Waals surface area (Å²) in [6.45, 7) is 0. The molecule has 0 bridgehead atoms. The SMILES string of the molecule is C1=C(c2ccc(-c3ccc(C4=CCCCC4)cc3)cc2)CCCC1. The highest BCUT2D eigenvalue weighted by molar-refractivity contribution is 5.73. The first-order valence-corrected chi connectivity index (χ1v) is 9.49. The highest BCUT2D eigenvalue weighted by atomic mass is 14.1. The molecule has 0 saturated heterocycles. The van der Waals surface area contributed by atoms with Gasteiger partial charge in [0, 0.05) is 0 Å². The molecular weight excluding hydrogens is 288 g/mol. The number of allylic oxidation sites excluding steroid dienone is 4. The summed E-state index contributed by atoms with van der Waals surface area (Å²) >= 11 is 0. The predicted octanol–water partition coefficient (Wildman–Crippen LogP) is 7.27. The van der Waals surface area contributed by atoms with Gasteiger partial charge >= 0.3 is 0 Å². The van der Waals surface area contributed by atoms with Crippen LogP contribution in [0.2, 0.25) is 0 Å². The summed E-state index contributed by atoms with van der Waals surface area (Å²) in [6.07, 6.45) is 15.2. The minimum atomic E-state index is 1.24. The Labute approximate surface area is 145 Å². The van der Waals surface area contributed by atoms with E-state index in [2.05, 4.69) is 60.7 Å². The van der Waals surface area contributed by atoms with Gasteiger partial charge in [0.15, 0.2) is 0 Å². The first kappa shape index (κ1) is 15.4. The molecule has 0 amide bonds. The van der Waals surface area contributed by atoms with Crippen LogP contribution in [0.15, 0.2) is 60.7 Å². The molecule has 0 fully saturated rings. The lowest BCUT2D eigenvalue weighted by molar-refractivity contribution is 0.742. The highest BCUT2D eigenvalue weighted by Gasteiger charge is 2.08. The van der Waals surface area contributed by atoms with Crippen molar-refractivity contribution in [1.82, 2.24) is 0 Å². The van der Waals surface area contributed by atoms with Crippen molar-refractivity contribution in [1.29, 1.82) is 0 Å². The van der Waals surface area contributed by atoms with Gasteiger partial charge in [-0.05, 0) is 84.8 Å². The van der Waals surface area contributed by atoms with E-state index >= 15 is 0 Å². The summed E-state index contributed by atoms with van der Waals surface area (Å²) in [7, 11) is 0. The molecule has 4 rings (SSSR count). The smallest absolute Gasteiger partial charge is 0.0184 e. The standard InChI is InChI=1S/C24H26/c1-3-7-19(8-4-1)21-11-15-23(16-12-21)24-17-13-22(14-18-24)20-9-5-2-6-10-20/h7,9,11-18H,1-6,8,10H2. The molecule has 2 aromatic carbocycles. The van der Waals surface area contributed by atoms with E-state index in [-0.39, 0.29) is 0 Å². The fourth-order valence-electron chi connectivity index (χ4n) is 3.95. The molecule has 2 aromatic rings. The van der Waals surface area contributed by atoms with Crippen LogP contribution < -0.4 is 0 Å². The van der Waals surface area contributed by atoms with Crippen LogP contribution in [0.5, 0.6) is 0 Å². The lowest BCUT2D eigenvalue weighted by Crippen LogP contribution is -1.92. The number of rotatable bonds is 3. The molecule has 0 heterocycles. The third kappa shape index (κ3) is 3.38. The molecule has 2 aliphatic carbocycles. The minimum absolute atomic E-state index is 1.24. The Kier molecular flexibility index (Phi) is 4.64. The Morgan fingerprint density at radius 2 is 0.792 bits per heavy atom. The Morgan fingerprint density at radius 1 is 0.417 bits per heavy atom. The van der Waals surface area contributed by atoms with E-state index in [1.54, 1.807) is 0 Å². The highest BCUT2D eigenvalue weighted by Crippen LogP contribution is 2.31. The molecule has 0 saturated carbocycles. The topological polar surface area (TPSA) is 0 Å². The van der Waals surface area contributed by atoms with Gasteiger partial charge in [-0.3, -0.25) is 0 Å². The first-order valence-electron chi connectivity index (χ1n) is 9.49. The maximum absolute atomic E-state index is 2.42. The van der Waals surface area contributed by atoms with E-state index in [0.717, 1.165) is 0 Å². The van der Waals surface area contributed by atoms with Gasteiger partial charge in [0.25, 0.3) is 0 Å². The molecule has 0 radical (unpaired) electrons. The van der Waals surface area contributed by atoms with Gasteiger partial charge in [-0.1, -0.05) is 60.7 Å². The monoisotopic (exact) mass is 314 g/mol. The van der Waals surface area contributed by atoms with Gasteiger partial charge in [0.1, 0.15) is 0 Å². The fourth-order valence-corrected chi connectivity index (χ4v) is 3.95. The third-order valence-corrected chi connectivity index (χ3v) is 5.43. The van der Waals surface area contributed by atoms with Gasteiger partial charge in [0.05, 0.1) is 0 Å². The van der Waals surface area contributed by atoms with Crippen molar-refractivity contribution in [3.05, 3.63) is 71.8 Å². The van der Waals surface area contributed by atoms with E-state index in [4.69, 9.17) is 0 Å². The van der Waals surface area contributed by atoms with Crippen molar-refractivity contribution in [2.75, 3.05) is 0 Å². The lowest BCUT2D eigenvalue weighted by Gasteiger charge is -2.14. The maximum atomic E-state index is 2.42. The normalized spacial score (nSPS) is 18.0. The average Bonchev–Trinajstić information content (AvgIpc) is 2.70. The minimum Gasteiger partial charge on any atom is -0.0807 e. The fraction of sp³-hybridized carbons (Fsp3) is 0.333. The second-order valence-electron chi connectivity index (χ2n) is 7.10. The van der Waals surface area contributed by atoms with Crippen molar-refractivity contribution in [2.45, 2.75) is 51.4 Å². The zero-order chi connectivity index (χ0) is 16.2. The zero-order valence-corrected chi connectivity index (χ0v) is 14.4. The van der Waals surface area contributed by atoms with Crippen LogP contribution in [0.25, 0.3) is 22.3 Å². The van der Waals surface area contributed by atoms with Crippen molar-refractivity contribution in [2.24, 2.45) is 0 Å². The Balaban J connectivity index is 1.53. The van der Waals surface area contributed by atoms with Gasteiger partial charge in [-0.25, -0.2) is 0 Å². The van der Waals surface area contributed by atoms with Crippen LogP contribution in [0.4, 0.5) is 0 Å². The van der Waals surface area contributed by atoms with E-state index < -0.39 is 0 Å². The number of hydrogen-bond donors (Lipinski definition) is 0. The molecule has 0 N–H and O–H groups in total. The van der Waals surface area contributed by atoms with Crippen LogP contribution in [-0.2, 0) is 0 Å². The summed E-state index contributed by atoms with van der Waals surface area (Å²) < 4.78 is 0. The van der Waals surface area contributed by atoms with Crippen LogP contribution >= 0.6 is 0 Å². The molecule has 2 aliphatic rings. The maximum Gasteiger partial charge on any atom is -0.0184 e. The molecule has 0 atom stereocenters. The van der Waals surface area contributed by atoms with Gasteiger partial charge in [0.2, 0.25) is 0 Å². The average molecular weight is 314 g/mol. The third-order valence-electron chi connectivity index (χ3n) is 5.43. The van der Waals surface area contributed by atoms with Crippen molar-refractivity contribution < 1.29 is 0 Å². The van der Waals surface area contributed by atoms with Crippen LogP contribution in [0, 0.1) is 0 Å². The van der Waals surface area contributed by atoms with Gasteiger partial charge < -0.3 is 0 Å². The summed E-state index contributed by atoms with van der Waals surface area (Å²) in [4.78, 5) is 0. The Hall–Kier alpha value is -2.08. The molecule has 0 spiro atoms.